The quantitative estimate of drug-likeness (QED) is 0.811. The topological polar surface area (TPSA) is 56.1 Å². The largest absolute Gasteiger partial charge is 0.472 e. The molecule has 1 aliphatic heterocycles. The second-order valence-corrected chi connectivity index (χ2v) is 5.97. The lowest BCUT2D eigenvalue weighted by atomic mass is 10.1. The molecule has 0 saturated heterocycles. The molecule has 0 bridgehead atoms. The standard InChI is InChI=1S/C16H23N5O/c1-12-15-10-14(22-16(15)19-13(2)18-12)11-20(3)7-5-9-21-8-4-6-17-21/h4,6,8,14H,5,7,9-11H2,1-3H3/t14-/m0/s1. The lowest BCUT2D eigenvalue weighted by Gasteiger charge is -2.20. The molecule has 0 amide bonds. The van der Waals surface area contributed by atoms with Crippen molar-refractivity contribution in [2.45, 2.75) is 39.3 Å². The Morgan fingerprint density at radius 3 is 3.00 bits per heavy atom. The van der Waals surface area contributed by atoms with Gasteiger partial charge in [0.15, 0.2) is 0 Å². The zero-order chi connectivity index (χ0) is 15.5. The monoisotopic (exact) mass is 301 g/mol. The van der Waals surface area contributed by atoms with E-state index in [1.54, 1.807) is 0 Å². The summed E-state index contributed by atoms with van der Waals surface area (Å²) in [5.74, 6) is 1.56. The second kappa shape index (κ2) is 6.44. The number of ether oxygens (including phenoxy) is 1. The van der Waals surface area contributed by atoms with Crippen molar-refractivity contribution in [2.24, 2.45) is 0 Å². The highest BCUT2D eigenvalue weighted by molar-refractivity contribution is 5.34. The normalized spacial score (nSPS) is 16.8. The summed E-state index contributed by atoms with van der Waals surface area (Å²) in [5, 5.41) is 4.22. The van der Waals surface area contributed by atoms with E-state index >= 15 is 0 Å². The molecule has 3 rings (SSSR count). The fourth-order valence-corrected chi connectivity index (χ4v) is 2.94. The Hall–Kier alpha value is -1.95. The predicted octanol–water partition coefficient (Wildman–Crippen LogP) is 1.62. The Morgan fingerprint density at radius 2 is 2.23 bits per heavy atom. The van der Waals surface area contributed by atoms with E-state index in [0.717, 1.165) is 49.9 Å². The summed E-state index contributed by atoms with van der Waals surface area (Å²) < 4.78 is 7.95. The van der Waals surface area contributed by atoms with Gasteiger partial charge in [0.1, 0.15) is 11.9 Å². The lowest BCUT2D eigenvalue weighted by Crippen LogP contribution is -2.33. The predicted molar refractivity (Wildman–Crippen MR) is 84.0 cm³/mol. The van der Waals surface area contributed by atoms with Gasteiger partial charge in [-0.1, -0.05) is 0 Å². The van der Waals surface area contributed by atoms with Gasteiger partial charge in [0, 0.05) is 43.2 Å². The van der Waals surface area contributed by atoms with Crippen molar-refractivity contribution < 1.29 is 4.74 Å². The maximum atomic E-state index is 5.98. The molecule has 1 aliphatic rings. The molecule has 22 heavy (non-hydrogen) atoms. The van der Waals surface area contributed by atoms with Crippen LogP contribution in [0.25, 0.3) is 0 Å². The Labute approximate surface area is 131 Å². The number of rotatable bonds is 6. The van der Waals surface area contributed by atoms with Crippen molar-refractivity contribution in [3.05, 3.63) is 35.5 Å². The van der Waals surface area contributed by atoms with Crippen LogP contribution in [0.1, 0.15) is 23.5 Å². The molecule has 0 saturated carbocycles. The van der Waals surface area contributed by atoms with Gasteiger partial charge in [-0.15, -0.1) is 0 Å². The molecular formula is C16H23N5O. The minimum Gasteiger partial charge on any atom is -0.472 e. The van der Waals surface area contributed by atoms with Crippen LogP contribution in [-0.4, -0.2) is 50.9 Å². The highest BCUT2D eigenvalue weighted by Crippen LogP contribution is 2.28. The van der Waals surface area contributed by atoms with E-state index in [2.05, 4.69) is 27.0 Å². The SMILES string of the molecule is Cc1nc(C)c2c(n1)O[C@H](CN(C)CCCn1cccn1)C2. The molecule has 0 aromatic carbocycles. The van der Waals surface area contributed by atoms with Crippen molar-refractivity contribution in [2.75, 3.05) is 20.1 Å². The molecular weight excluding hydrogens is 278 g/mol. The van der Waals surface area contributed by atoms with E-state index in [1.807, 2.05) is 37.0 Å². The number of hydrogen-bond acceptors (Lipinski definition) is 5. The third-order valence-corrected chi connectivity index (χ3v) is 4.00. The van der Waals surface area contributed by atoms with Gasteiger partial charge in [0.2, 0.25) is 5.88 Å². The fraction of sp³-hybridized carbons (Fsp3) is 0.562. The van der Waals surface area contributed by atoms with Gasteiger partial charge in [0.05, 0.1) is 0 Å². The summed E-state index contributed by atoms with van der Waals surface area (Å²) >= 11 is 0. The third-order valence-electron chi connectivity index (χ3n) is 4.00. The van der Waals surface area contributed by atoms with E-state index < -0.39 is 0 Å². The molecule has 0 radical (unpaired) electrons. The molecule has 2 aromatic rings. The molecule has 1 atom stereocenters. The molecule has 0 unspecified atom stereocenters. The number of nitrogens with zero attached hydrogens (tertiary/aromatic N) is 5. The van der Waals surface area contributed by atoms with Crippen LogP contribution in [0.15, 0.2) is 18.5 Å². The maximum absolute atomic E-state index is 5.98. The van der Waals surface area contributed by atoms with Crippen LogP contribution in [0.2, 0.25) is 0 Å². The van der Waals surface area contributed by atoms with Crippen LogP contribution in [0.3, 0.4) is 0 Å². The van der Waals surface area contributed by atoms with Crippen molar-refractivity contribution in [1.29, 1.82) is 0 Å². The Morgan fingerprint density at radius 1 is 1.36 bits per heavy atom. The van der Waals surface area contributed by atoms with Crippen LogP contribution in [0, 0.1) is 13.8 Å². The van der Waals surface area contributed by atoms with E-state index in [0.29, 0.717) is 0 Å². The van der Waals surface area contributed by atoms with Gasteiger partial charge in [-0.2, -0.15) is 10.1 Å². The van der Waals surface area contributed by atoms with Crippen LogP contribution in [0.5, 0.6) is 5.88 Å². The van der Waals surface area contributed by atoms with Gasteiger partial charge < -0.3 is 9.64 Å². The lowest BCUT2D eigenvalue weighted by molar-refractivity contribution is 0.162. The molecule has 118 valence electrons. The average molecular weight is 301 g/mol. The van der Waals surface area contributed by atoms with E-state index in [9.17, 15) is 0 Å². The first-order valence-corrected chi connectivity index (χ1v) is 7.78. The molecule has 0 aliphatic carbocycles. The Bertz CT molecular complexity index is 626. The fourth-order valence-electron chi connectivity index (χ4n) is 2.94. The zero-order valence-corrected chi connectivity index (χ0v) is 13.5. The number of likely N-dealkylation sites (N-methyl/N-ethyl adjacent to an activating group) is 1. The van der Waals surface area contributed by atoms with E-state index in [1.165, 1.54) is 5.56 Å². The summed E-state index contributed by atoms with van der Waals surface area (Å²) in [7, 11) is 2.14. The second-order valence-electron chi connectivity index (χ2n) is 5.97. The average Bonchev–Trinajstić information content (AvgIpc) is 3.08. The summed E-state index contributed by atoms with van der Waals surface area (Å²) in [6.45, 7) is 6.83. The van der Waals surface area contributed by atoms with Gasteiger partial charge >= 0.3 is 0 Å². The molecule has 6 heteroatoms. The number of aromatic nitrogens is 4. The zero-order valence-electron chi connectivity index (χ0n) is 13.5. The van der Waals surface area contributed by atoms with Gasteiger partial charge in [-0.05, 0) is 39.9 Å². The van der Waals surface area contributed by atoms with Crippen molar-refractivity contribution in [3.8, 4) is 5.88 Å². The highest BCUT2D eigenvalue weighted by atomic mass is 16.5. The van der Waals surface area contributed by atoms with Gasteiger partial charge in [-0.25, -0.2) is 4.98 Å². The van der Waals surface area contributed by atoms with Gasteiger partial charge in [0.25, 0.3) is 0 Å². The van der Waals surface area contributed by atoms with Crippen LogP contribution in [0.4, 0.5) is 0 Å². The molecule has 0 fully saturated rings. The van der Waals surface area contributed by atoms with Crippen molar-refractivity contribution in [3.63, 3.8) is 0 Å². The first-order chi connectivity index (χ1) is 10.6. The third kappa shape index (κ3) is 3.44. The maximum Gasteiger partial charge on any atom is 0.220 e. The summed E-state index contributed by atoms with van der Waals surface area (Å²) in [5.41, 5.74) is 2.21. The molecule has 3 heterocycles. The van der Waals surface area contributed by atoms with Crippen LogP contribution >= 0.6 is 0 Å². The number of hydrogen-bond donors (Lipinski definition) is 0. The number of aryl methyl sites for hydroxylation is 3. The molecule has 0 spiro atoms. The molecule has 2 aromatic heterocycles. The molecule has 6 nitrogen and oxygen atoms in total. The minimum atomic E-state index is 0.180. The first-order valence-electron chi connectivity index (χ1n) is 7.78. The minimum absolute atomic E-state index is 0.180. The Kier molecular flexibility index (Phi) is 4.38. The summed E-state index contributed by atoms with van der Waals surface area (Å²) in [6, 6.07) is 1.96. The highest BCUT2D eigenvalue weighted by Gasteiger charge is 2.27. The first kappa shape index (κ1) is 15.0. The van der Waals surface area contributed by atoms with Crippen LogP contribution in [-0.2, 0) is 13.0 Å². The van der Waals surface area contributed by atoms with Crippen molar-refractivity contribution >= 4 is 0 Å². The summed E-state index contributed by atoms with van der Waals surface area (Å²) in [4.78, 5) is 11.1. The van der Waals surface area contributed by atoms with E-state index in [-0.39, 0.29) is 6.10 Å². The molecule has 0 N–H and O–H groups in total. The van der Waals surface area contributed by atoms with Crippen LogP contribution < -0.4 is 4.74 Å². The summed E-state index contributed by atoms with van der Waals surface area (Å²) in [6.07, 6.45) is 5.99. The van der Waals surface area contributed by atoms with Crippen molar-refractivity contribution in [1.82, 2.24) is 24.6 Å². The number of fused-ring (bicyclic) bond motifs is 1. The Balaban J connectivity index is 1.47. The van der Waals surface area contributed by atoms with E-state index in [4.69, 9.17) is 4.74 Å². The smallest absolute Gasteiger partial charge is 0.220 e. The van der Waals surface area contributed by atoms with Gasteiger partial charge in [-0.3, -0.25) is 4.68 Å².